The van der Waals surface area contributed by atoms with E-state index in [1.165, 1.54) is 38.1 Å². The number of alkyl carbamates (subject to hydrolysis) is 1. The molecule has 0 radical (unpaired) electrons. The van der Waals surface area contributed by atoms with E-state index in [-0.39, 0.29) is 40.5 Å². The number of halogens is 6. The smallest absolute Gasteiger partial charge is 0.407 e. The molecule has 4 rings (SSSR count). The Balaban J connectivity index is 1.84. The number of carbonyl (C=O) groups is 2. The van der Waals surface area contributed by atoms with Crippen molar-refractivity contribution in [1.29, 1.82) is 5.41 Å². The van der Waals surface area contributed by atoms with E-state index in [4.69, 9.17) is 21.7 Å². The zero-order valence-corrected chi connectivity index (χ0v) is 30.3. The van der Waals surface area contributed by atoms with Crippen LogP contribution in [0, 0.1) is 5.41 Å². The maximum absolute atomic E-state index is 14.5. The van der Waals surface area contributed by atoms with Crippen LogP contribution in [0.1, 0.15) is 62.6 Å². The molecule has 0 saturated carbocycles. The van der Waals surface area contributed by atoms with E-state index in [1.807, 2.05) is 0 Å². The fraction of sp³-hybridized carbons (Fsp3) is 0.364. The molecular weight excluding hydrogens is 732 g/mol. The number of benzene rings is 2. The average Bonchev–Trinajstić information content (AvgIpc) is 3.56. The molecule has 12 nitrogen and oxygen atoms in total. The molecule has 0 fully saturated rings. The Morgan fingerprint density at radius 1 is 1.06 bits per heavy atom. The fourth-order valence-corrected chi connectivity index (χ4v) is 5.37. The van der Waals surface area contributed by atoms with E-state index in [0.29, 0.717) is 21.4 Å². The zero-order valence-electron chi connectivity index (χ0n) is 28.4. The monoisotopic (exact) mass is 767 g/mol. The molecule has 19 heteroatoms. The zero-order chi connectivity index (χ0) is 38.4. The van der Waals surface area contributed by atoms with Crippen molar-refractivity contribution in [2.24, 2.45) is 0 Å². The number of rotatable bonds is 13. The van der Waals surface area contributed by atoms with Gasteiger partial charge in [-0.25, -0.2) is 32.9 Å². The number of aromatic nitrogens is 5. The number of alkyl halides is 5. The normalized spacial score (nSPS) is 12.5. The van der Waals surface area contributed by atoms with Crippen molar-refractivity contribution in [3.63, 3.8) is 0 Å². The summed E-state index contributed by atoms with van der Waals surface area (Å²) >= 11 is 6.42. The number of carbonyl (C=O) groups excluding carboxylic acids is 2. The molecule has 3 N–H and O–H groups in total. The van der Waals surface area contributed by atoms with Crippen molar-refractivity contribution in [3.8, 4) is 22.8 Å². The third kappa shape index (κ3) is 9.97. The molecule has 0 spiro atoms. The van der Waals surface area contributed by atoms with E-state index < -0.39 is 54.8 Å². The number of nitrogens with zero attached hydrogens (tertiary/aromatic N) is 6. The third-order valence-electron chi connectivity index (χ3n) is 7.61. The molecule has 2 aromatic carbocycles. The number of ether oxygens (including phenoxy) is 1. The van der Waals surface area contributed by atoms with Crippen molar-refractivity contribution < 1.29 is 36.3 Å². The van der Waals surface area contributed by atoms with Crippen molar-refractivity contribution in [3.05, 3.63) is 77.3 Å². The Labute approximate surface area is 303 Å². The molecular formula is C33H36ClF5N9O3P. The van der Waals surface area contributed by atoms with Crippen LogP contribution in [-0.4, -0.2) is 78.4 Å². The number of amides is 2. The van der Waals surface area contributed by atoms with Crippen LogP contribution in [-0.2, 0) is 4.74 Å². The van der Waals surface area contributed by atoms with Gasteiger partial charge >= 0.3 is 12.6 Å². The van der Waals surface area contributed by atoms with E-state index in [1.54, 1.807) is 30.6 Å². The maximum atomic E-state index is 14.5. The van der Waals surface area contributed by atoms with Crippen molar-refractivity contribution in [2.75, 3.05) is 13.2 Å². The fourth-order valence-electron chi connectivity index (χ4n) is 4.77. The first kappa shape index (κ1) is 40.0. The first-order valence-corrected chi connectivity index (χ1v) is 16.6. The standard InChI is InChI=1S/C33H36ClF5N9O3P/c1-32(2,39)10-13-43-30(40)47(27(49)20-8-6-19(15-24(20)52)25-41-11-5-12-42-25)23(16-51-31(50)46-33(3,4)28(35)36)18-7-9-22(34)21(14-18)26-44-17-45-48(26)29(37)38/h5-9,11-12,14-15,17,23,28-29H,10,13,16,52H2,1-4H3,(H2,40,43)(H,46,50)/t23-/m1/s1. The summed E-state index contributed by atoms with van der Waals surface area (Å²) in [7, 11) is 2.43. The maximum Gasteiger partial charge on any atom is 0.407 e. The van der Waals surface area contributed by atoms with Gasteiger partial charge in [-0.05, 0) is 75.3 Å². The predicted octanol–water partition coefficient (Wildman–Crippen LogP) is 6.57. The van der Waals surface area contributed by atoms with Gasteiger partial charge in [0.25, 0.3) is 12.3 Å². The Hall–Kier alpha value is -4.76. The summed E-state index contributed by atoms with van der Waals surface area (Å²) in [6.45, 7) is 0.885. The Kier molecular flexibility index (Phi) is 12.9. The molecule has 278 valence electrons. The Bertz CT molecular complexity index is 1890. The minimum Gasteiger partial charge on any atom is -0.447 e. The number of hydrogen-bond acceptors (Lipinski definition) is 8. The minimum absolute atomic E-state index is 0.0306. The lowest BCUT2D eigenvalue weighted by atomic mass is 10.0. The van der Waals surface area contributed by atoms with E-state index in [9.17, 15) is 31.5 Å². The highest BCUT2D eigenvalue weighted by atomic mass is 35.5. The summed E-state index contributed by atoms with van der Waals surface area (Å²) in [6.07, 6.45) is -0.325. The van der Waals surface area contributed by atoms with Gasteiger partial charge in [0.2, 0.25) is 0 Å². The van der Waals surface area contributed by atoms with Crippen LogP contribution in [0.2, 0.25) is 5.02 Å². The van der Waals surface area contributed by atoms with Gasteiger partial charge < -0.3 is 15.4 Å². The summed E-state index contributed by atoms with van der Waals surface area (Å²) in [6, 6.07) is 8.92. The number of nitrogens with one attached hydrogen (secondary N) is 3. The third-order valence-corrected chi connectivity index (χ3v) is 8.41. The lowest BCUT2D eigenvalue weighted by Gasteiger charge is -2.33. The quantitative estimate of drug-likeness (QED) is 0.0599. The predicted molar refractivity (Wildman–Crippen MR) is 188 cm³/mol. The second kappa shape index (κ2) is 16.7. The van der Waals surface area contributed by atoms with Gasteiger partial charge in [0.1, 0.15) is 18.6 Å². The van der Waals surface area contributed by atoms with Crippen LogP contribution >= 0.6 is 20.8 Å². The average molecular weight is 768 g/mol. The van der Waals surface area contributed by atoms with Gasteiger partial charge in [-0.3, -0.25) is 15.1 Å². The highest BCUT2D eigenvalue weighted by molar-refractivity contribution is 7.27. The van der Waals surface area contributed by atoms with Gasteiger partial charge in [-0.15, -0.1) is 9.24 Å². The topological polar surface area (TPSA) is 151 Å². The molecule has 2 amide bonds. The summed E-state index contributed by atoms with van der Waals surface area (Å²) in [5.41, 5.74) is -2.96. The molecule has 2 aromatic heterocycles. The minimum atomic E-state index is -3.10. The summed E-state index contributed by atoms with van der Waals surface area (Å²) in [5.74, 6) is -1.32. The molecule has 2 atom stereocenters. The van der Waals surface area contributed by atoms with Gasteiger partial charge in [0.15, 0.2) is 17.6 Å². The first-order valence-electron chi connectivity index (χ1n) is 15.6. The lowest BCUT2D eigenvalue weighted by Crippen LogP contribution is -2.51. The van der Waals surface area contributed by atoms with Crippen LogP contribution in [0.25, 0.3) is 22.8 Å². The highest BCUT2D eigenvalue weighted by Crippen LogP contribution is 2.34. The second-order valence-corrected chi connectivity index (χ2v) is 13.6. The second-order valence-electron chi connectivity index (χ2n) is 12.6. The summed E-state index contributed by atoms with van der Waals surface area (Å²) < 4.78 is 74.9. The summed E-state index contributed by atoms with van der Waals surface area (Å²) in [5, 5.41) is 17.7. The van der Waals surface area contributed by atoms with Crippen LogP contribution in [0.3, 0.4) is 0 Å². The van der Waals surface area contributed by atoms with Crippen LogP contribution in [0.5, 0.6) is 0 Å². The Morgan fingerprint density at radius 3 is 2.37 bits per heavy atom. The van der Waals surface area contributed by atoms with Crippen molar-refractivity contribution >= 4 is 44.1 Å². The van der Waals surface area contributed by atoms with Crippen LogP contribution < -0.4 is 15.9 Å². The van der Waals surface area contributed by atoms with Crippen molar-refractivity contribution in [1.82, 2.24) is 40.3 Å². The van der Waals surface area contributed by atoms with Crippen molar-refractivity contribution in [2.45, 2.75) is 64.3 Å². The lowest BCUT2D eigenvalue weighted by molar-refractivity contribution is 0.0402. The molecule has 52 heavy (non-hydrogen) atoms. The molecule has 1 unspecified atom stereocenters. The van der Waals surface area contributed by atoms with Gasteiger partial charge in [0.05, 0.1) is 16.6 Å². The van der Waals surface area contributed by atoms with Crippen LogP contribution in [0.4, 0.5) is 26.7 Å². The molecule has 0 aliphatic heterocycles. The molecule has 0 aliphatic carbocycles. The Morgan fingerprint density at radius 2 is 1.75 bits per heavy atom. The number of hydrogen-bond donors (Lipinski definition) is 3. The molecule has 0 aliphatic rings. The SMILES string of the molecule is CC(C)(F)CCNC(=N)N(C(=O)c1ccc(-c2ncccn2)cc1P)[C@H](COC(=O)NC(C)(C)C(F)F)c1ccc(Cl)c(-c2ncnn2C(F)F)c1. The molecule has 2 heterocycles. The molecule has 0 saturated heterocycles. The van der Waals surface area contributed by atoms with E-state index >= 15 is 0 Å². The molecule has 0 bridgehead atoms. The van der Waals surface area contributed by atoms with Gasteiger partial charge in [-0.1, -0.05) is 23.7 Å². The van der Waals surface area contributed by atoms with Gasteiger partial charge in [-0.2, -0.15) is 18.6 Å². The molecule has 4 aromatic rings. The van der Waals surface area contributed by atoms with Crippen LogP contribution in [0.15, 0.2) is 61.2 Å². The largest absolute Gasteiger partial charge is 0.447 e. The first-order chi connectivity index (χ1) is 24.4. The summed E-state index contributed by atoms with van der Waals surface area (Å²) in [4.78, 5) is 40.6. The number of guanidine groups is 1. The van der Waals surface area contributed by atoms with E-state index in [2.05, 4.69) is 39.9 Å². The van der Waals surface area contributed by atoms with Gasteiger partial charge in [0, 0.05) is 35.6 Å². The van der Waals surface area contributed by atoms with E-state index in [0.717, 1.165) is 25.1 Å². The highest BCUT2D eigenvalue weighted by Gasteiger charge is 2.35.